The van der Waals surface area contributed by atoms with Gasteiger partial charge in [0.15, 0.2) is 0 Å². The molecular formula is C14H19F4N. The van der Waals surface area contributed by atoms with Crippen molar-refractivity contribution in [3.05, 3.63) is 35.6 Å². The molecule has 0 heterocycles. The highest BCUT2D eigenvalue weighted by molar-refractivity contribution is 5.19. The molecule has 1 aromatic carbocycles. The Morgan fingerprint density at radius 2 is 1.79 bits per heavy atom. The van der Waals surface area contributed by atoms with Gasteiger partial charge in [-0.3, -0.25) is 0 Å². The van der Waals surface area contributed by atoms with Gasteiger partial charge in [0.2, 0.25) is 0 Å². The van der Waals surface area contributed by atoms with Gasteiger partial charge in [-0.15, -0.1) is 0 Å². The fourth-order valence-electron chi connectivity index (χ4n) is 1.88. The number of halogens is 4. The molecule has 0 saturated heterocycles. The molecule has 0 saturated carbocycles. The molecule has 1 aromatic rings. The quantitative estimate of drug-likeness (QED) is 0.718. The summed E-state index contributed by atoms with van der Waals surface area (Å²) >= 11 is 0. The van der Waals surface area contributed by atoms with E-state index < -0.39 is 12.6 Å². The van der Waals surface area contributed by atoms with Gasteiger partial charge in [-0.25, -0.2) is 4.39 Å². The predicted octanol–water partition coefficient (Wildman–Crippen LogP) is 4.60. The van der Waals surface area contributed by atoms with E-state index >= 15 is 0 Å². The molecule has 1 unspecified atom stereocenters. The van der Waals surface area contributed by atoms with Crippen molar-refractivity contribution in [2.75, 3.05) is 6.54 Å². The van der Waals surface area contributed by atoms with Gasteiger partial charge < -0.3 is 5.32 Å². The minimum absolute atomic E-state index is 0.116. The van der Waals surface area contributed by atoms with Crippen molar-refractivity contribution in [2.24, 2.45) is 0 Å². The first kappa shape index (κ1) is 16.0. The van der Waals surface area contributed by atoms with E-state index in [1.54, 1.807) is 12.1 Å². The molecule has 19 heavy (non-hydrogen) atoms. The molecule has 0 aromatic heterocycles. The van der Waals surface area contributed by atoms with Crippen molar-refractivity contribution in [1.29, 1.82) is 0 Å². The Hall–Kier alpha value is -1.10. The van der Waals surface area contributed by atoms with Crippen LogP contribution in [0.1, 0.15) is 44.2 Å². The van der Waals surface area contributed by atoms with Crippen LogP contribution in [0.2, 0.25) is 0 Å². The Bertz CT molecular complexity index is 359. The van der Waals surface area contributed by atoms with Crippen LogP contribution in [0.4, 0.5) is 17.6 Å². The monoisotopic (exact) mass is 277 g/mol. The summed E-state index contributed by atoms with van der Waals surface area (Å²) in [5.41, 5.74) is 0.831. The van der Waals surface area contributed by atoms with Crippen LogP contribution in [0.25, 0.3) is 0 Å². The van der Waals surface area contributed by atoms with Crippen molar-refractivity contribution in [2.45, 2.75) is 44.8 Å². The van der Waals surface area contributed by atoms with E-state index in [2.05, 4.69) is 5.32 Å². The zero-order valence-corrected chi connectivity index (χ0v) is 10.9. The molecule has 0 spiro atoms. The highest BCUT2D eigenvalue weighted by atomic mass is 19.4. The lowest BCUT2D eigenvalue weighted by Gasteiger charge is -2.19. The third kappa shape index (κ3) is 6.57. The van der Waals surface area contributed by atoms with Gasteiger partial charge in [0.05, 0.1) is 6.42 Å². The fourth-order valence-corrected chi connectivity index (χ4v) is 1.88. The second kappa shape index (κ2) is 7.48. The Labute approximate surface area is 111 Å². The van der Waals surface area contributed by atoms with Crippen LogP contribution < -0.4 is 5.32 Å². The highest BCUT2D eigenvalue weighted by Crippen LogP contribution is 2.22. The average Bonchev–Trinajstić information content (AvgIpc) is 2.33. The average molecular weight is 277 g/mol. The van der Waals surface area contributed by atoms with Crippen LogP contribution >= 0.6 is 0 Å². The highest BCUT2D eigenvalue weighted by Gasteiger charge is 2.26. The summed E-state index contributed by atoms with van der Waals surface area (Å²) in [5.74, 6) is -0.340. The Morgan fingerprint density at radius 1 is 1.16 bits per heavy atom. The lowest BCUT2D eigenvalue weighted by atomic mass is 10.0. The number of unbranched alkanes of at least 4 members (excludes halogenated alkanes) is 1. The van der Waals surface area contributed by atoms with Gasteiger partial charge in [0, 0.05) is 12.6 Å². The molecule has 0 aliphatic heterocycles. The first-order valence-electron chi connectivity index (χ1n) is 6.48. The first-order valence-corrected chi connectivity index (χ1v) is 6.48. The number of rotatable bonds is 7. The van der Waals surface area contributed by atoms with Crippen LogP contribution in [-0.4, -0.2) is 12.7 Å². The second-order valence-electron chi connectivity index (χ2n) is 4.57. The van der Waals surface area contributed by atoms with Crippen LogP contribution in [0.3, 0.4) is 0 Å². The van der Waals surface area contributed by atoms with Crippen molar-refractivity contribution in [3.63, 3.8) is 0 Å². The van der Waals surface area contributed by atoms with E-state index in [0.29, 0.717) is 0 Å². The summed E-state index contributed by atoms with van der Waals surface area (Å²) in [6.07, 6.45) is -2.36. The lowest BCUT2D eigenvalue weighted by Crippen LogP contribution is -2.26. The van der Waals surface area contributed by atoms with E-state index in [9.17, 15) is 17.6 Å². The molecule has 0 amide bonds. The molecular weight excluding hydrogens is 258 g/mol. The zero-order chi connectivity index (χ0) is 14.3. The molecule has 1 atom stereocenters. The molecule has 0 fully saturated rings. The van der Waals surface area contributed by atoms with Crippen molar-refractivity contribution in [3.8, 4) is 0 Å². The van der Waals surface area contributed by atoms with E-state index in [0.717, 1.165) is 24.8 Å². The minimum atomic E-state index is -4.15. The molecule has 1 rings (SSSR count). The number of benzene rings is 1. The number of alkyl halides is 3. The fraction of sp³-hybridized carbons (Fsp3) is 0.571. The lowest BCUT2D eigenvalue weighted by molar-refractivity contribution is -0.133. The third-order valence-electron chi connectivity index (χ3n) is 2.92. The first-order chi connectivity index (χ1) is 8.92. The SMILES string of the molecule is CCCCC(NCCC(F)(F)F)c1ccc(F)cc1. The zero-order valence-electron chi connectivity index (χ0n) is 10.9. The summed E-state index contributed by atoms with van der Waals surface area (Å²) < 4.78 is 49.2. The molecule has 0 aliphatic carbocycles. The Kier molecular flexibility index (Phi) is 6.28. The molecule has 5 heteroatoms. The molecule has 0 bridgehead atoms. The molecule has 1 nitrogen and oxygen atoms in total. The predicted molar refractivity (Wildman–Crippen MR) is 67.3 cm³/mol. The van der Waals surface area contributed by atoms with Crippen LogP contribution in [-0.2, 0) is 0 Å². The van der Waals surface area contributed by atoms with Gasteiger partial charge >= 0.3 is 6.18 Å². The topological polar surface area (TPSA) is 12.0 Å². The van der Waals surface area contributed by atoms with E-state index in [-0.39, 0.29) is 18.4 Å². The standard InChI is InChI=1S/C14H19F4N/c1-2-3-4-13(19-10-9-14(16,17)18)11-5-7-12(15)8-6-11/h5-8,13,19H,2-4,9-10H2,1H3. The van der Waals surface area contributed by atoms with Crippen LogP contribution in [0, 0.1) is 5.82 Å². The van der Waals surface area contributed by atoms with Gasteiger partial charge in [0.25, 0.3) is 0 Å². The minimum Gasteiger partial charge on any atom is -0.310 e. The smallest absolute Gasteiger partial charge is 0.310 e. The Balaban J connectivity index is 2.58. The number of hydrogen-bond donors (Lipinski definition) is 1. The molecule has 108 valence electrons. The van der Waals surface area contributed by atoms with E-state index in [4.69, 9.17) is 0 Å². The molecule has 1 N–H and O–H groups in total. The van der Waals surface area contributed by atoms with Crippen molar-refractivity contribution < 1.29 is 17.6 Å². The number of hydrogen-bond acceptors (Lipinski definition) is 1. The molecule has 0 aliphatic rings. The van der Waals surface area contributed by atoms with Gasteiger partial charge in [0.1, 0.15) is 5.82 Å². The van der Waals surface area contributed by atoms with Crippen LogP contribution in [0.5, 0.6) is 0 Å². The van der Waals surface area contributed by atoms with Gasteiger partial charge in [-0.1, -0.05) is 31.9 Å². The van der Waals surface area contributed by atoms with Gasteiger partial charge in [-0.05, 0) is 24.1 Å². The maximum atomic E-state index is 12.8. The summed E-state index contributed by atoms with van der Waals surface area (Å²) in [7, 11) is 0. The van der Waals surface area contributed by atoms with E-state index in [1.165, 1.54) is 12.1 Å². The number of nitrogens with one attached hydrogen (secondary N) is 1. The Morgan fingerprint density at radius 3 is 2.32 bits per heavy atom. The van der Waals surface area contributed by atoms with Crippen molar-refractivity contribution in [1.82, 2.24) is 5.32 Å². The summed E-state index contributed by atoms with van der Waals surface area (Å²) in [5, 5.41) is 2.90. The summed E-state index contributed by atoms with van der Waals surface area (Å²) in [6, 6.07) is 5.76. The second-order valence-corrected chi connectivity index (χ2v) is 4.57. The summed E-state index contributed by atoms with van der Waals surface area (Å²) in [4.78, 5) is 0. The maximum absolute atomic E-state index is 12.8. The van der Waals surface area contributed by atoms with Crippen molar-refractivity contribution >= 4 is 0 Å². The van der Waals surface area contributed by atoms with E-state index in [1.807, 2.05) is 6.92 Å². The largest absolute Gasteiger partial charge is 0.390 e. The summed E-state index contributed by atoms with van der Waals surface area (Å²) in [6.45, 7) is 1.91. The van der Waals surface area contributed by atoms with Crippen LogP contribution in [0.15, 0.2) is 24.3 Å². The maximum Gasteiger partial charge on any atom is 0.390 e. The third-order valence-corrected chi connectivity index (χ3v) is 2.92. The van der Waals surface area contributed by atoms with Gasteiger partial charge in [-0.2, -0.15) is 13.2 Å². The normalized spacial score (nSPS) is 13.5. The molecule has 0 radical (unpaired) electrons.